The van der Waals surface area contributed by atoms with E-state index in [0.29, 0.717) is 12.1 Å². The second-order valence-electron chi connectivity index (χ2n) is 6.46. The molecule has 0 saturated heterocycles. The van der Waals surface area contributed by atoms with Gasteiger partial charge in [-0.05, 0) is 26.3 Å². The van der Waals surface area contributed by atoms with Crippen LogP contribution in [0.15, 0.2) is 0 Å². The van der Waals surface area contributed by atoms with Gasteiger partial charge in [0.2, 0.25) is 0 Å². The van der Waals surface area contributed by atoms with Crippen molar-refractivity contribution in [2.75, 3.05) is 26.3 Å². The van der Waals surface area contributed by atoms with Crippen LogP contribution in [-0.2, 0) is 4.74 Å². The molecule has 2 N–H and O–H groups in total. The maximum atomic E-state index is 6.56. The molecule has 1 saturated carbocycles. The van der Waals surface area contributed by atoms with Gasteiger partial charge in [0.05, 0.1) is 6.61 Å². The van der Waals surface area contributed by atoms with Gasteiger partial charge in [0, 0.05) is 25.2 Å². The highest BCUT2D eigenvalue weighted by molar-refractivity contribution is 4.82. The first-order valence-electron chi connectivity index (χ1n) is 9.37. The zero-order valence-electron chi connectivity index (χ0n) is 14.5. The summed E-state index contributed by atoms with van der Waals surface area (Å²) in [5, 5.41) is 0. The smallest absolute Gasteiger partial charge is 0.0593 e. The summed E-state index contributed by atoms with van der Waals surface area (Å²) < 4.78 is 5.55. The van der Waals surface area contributed by atoms with Crippen molar-refractivity contribution in [1.29, 1.82) is 0 Å². The minimum atomic E-state index is 0.339. The van der Waals surface area contributed by atoms with E-state index in [0.717, 1.165) is 26.3 Å². The SMILES string of the molecule is CCOCCN(CC)C1CCCCCCCCCCC1N. The summed E-state index contributed by atoms with van der Waals surface area (Å²) in [4.78, 5) is 2.56. The highest BCUT2D eigenvalue weighted by Gasteiger charge is 2.23. The molecule has 1 rings (SSSR count). The number of nitrogens with zero attached hydrogens (tertiary/aromatic N) is 1. The maximum absolute atomic E-state index is 6.56. The molecule has 0 radical (unpaired) electrons. The summed E-state index contributed by atoms with van der Waals surface area (Å²) in [5.74, 6) is 0. The predicted octanol–water partition coefficient (Wildman–Crippen LogP) is 3.96. The molecule has 0 aromatic heterocycles. The third kappa shape index (κ3) is 8.18. The molecule has 2 atom stereocenters. The largest absolute Gasteiger partial charge is 0.380 e. The molecular formula is C18H38N2O. The van der Waals surface area contributed by atoms with Crippen LogP contribution in [0, 0.1) is 0 Å². The standard InChI is InChI=1S/C18H38N2O/c1-3-20(15-16-21-4-2)18-14-12-10-8-6-5-7-9-11-13-17(18)19/h17-18H,3-16,19H2,1-2H3. The Morgan fingerprint density at radius 2 is 1.48 bits per heavy atom. The van der Waals surface area contributed by atoms with E-state index >= 15 is 0 Å². The fourth-order valence-corrected chi connectivity index (χ4v) is 3.54. The number of rotatable bonds is 6. The van der Waals surface area contributed by atoms with Crippen molar-refractivity contribution in [2.45, 2.75) is 90.1 Å². The Bertz CT molecular complexity index is 235. The molecule has 0 amide bonds. The van der Waals surface area contributed by atoms with Gasteiger partial charge in [-0.2, -0.15) is 0 Å². The quantitative estimate of drug-likeness (QED) is 0.754. The van der Waals surface area contributed by atoms with Crippen LogP contribution in [0.4, 0.5) is 0 Å². The molecule has 0 spiro atoms. The number of nitrogens with two attached hydrogens (primary N) is 1. The van der Waals surface area contributed by atoms with E-state index in [2.05, 4.69) is 18.7 Å². The van der Waals surface area contributed by atoms with E-state index in [1.165, 1.54) is 64.2 Å². The molecule has 1 aliphatic rings. The van der Waals surface area contributed by atoms with E-state index in [-0.39, 0.29) is 0 Å². The molecule has 0 aromatic rings. The van der Waals surface area contributed by atoms with Crippen molar-refractivity contribution in [3.05, 3.63) is 0 Å². The summed E-state index contributed by atoms with van der Waals surface area (Å²) in [6.07, 6.45) is 13.5. The normalized spacial score (nSPS) is 26.3. The van der Waals surface area contributed by atoms with Crippen molar-refractivity contribution >= 4 is 0 Å². The summed E-state index contributed by atoms with van der Waals surface area (Å²) >= 11 is 0. The Morgan fingerprint density at radius 3 is 2.05 bits per heavy atom. The van der Waals surface area contributed by atoms with Gasteiger partial charge in [-0.3, -0.25) is 4.90 Å². The van der Waals surface area contributed by atoms with Gasteiger partial charge in [0.1, 0.15) is 0 Å². The summed E-state index contributed by atoms with van der Waals surface area (Å²) in [6, 6.07) is 0.890. The summed E-state index contributed by atoms with van der Waals surface area (Å²) in [5.41, 5.74) is 6.56. The zero-order valence-corrected chi connectivity index (χ0v) is 14.5. The lowest BCUT2D eigenvalue weighted by molar-refractivity contribution is 0.0842. The molecule has 3 heteroatoms. The Hall–Kier alpha value is -0.120. The third-order valence-electron chi connectivity index (χ3n) is 4.88. The molecule has 0 bridgehead atoms. The van der Waals surface area contributed by atoms with Crippen molar-refractivity contribution in [3.63, 3.8) is 0 Å². The van der Waals surface area contributed by atoms with Crippen molar-refractivity contribution in [3.8, 4) is 0 Å². The van der Waals surface area contributed by atoms with Crippen LogP contribution in [0.5, 0.6) is 0 Å². The van der Waals surface area contributed by atoms with Crippen molar-refractivity contribution in [2.24, 2.45) is 5.73 Å². The molecule has 1 aliphatic carbocycles. The van der Waals surface area contributed by atoms with Crippen molar-refractivity contribution in [1.82, 2.24) is 4.90 Å². The van der Waals surface area contributed by atoms with Gasteiger partial charge in [0.15, 0.2) is 0 Å². The van der Waals surface area contributed by atoms with Crippen LogP contribution in [0.3, 0.4) is 0 Å². The van der Waals surface area contributed by atoms with Crippen molar-refractivity contribution < 1.29 is 4.74 Å². The second-order valence-corrected chi connectivity index (χ2v) is 6.46. The van der Waals surface area contributed by atoms with E-state index in [4.69, 9.17) is 10.5 Å². The number of hydrogen-bond donors (Lipinski definition) is 1. The Labute approximate surface area is 132 Å². The zero-order chi connectivity index (χ0) is 15.3. The lowest BCUT2D eigenvalue weighted by Crippen LogP contribution is -2.49. The molecule has 0 heterocycles. The number of likely N-dealkylation sites (N-methyl/N-ethyl adjacent to an activating group) is 1. The Balaban J connectivity index is 2.52. The van der Waals surface area contributed by atoms with Gasteiger partial charge < -0.3 is 10.5 Å². The minimum absolute atomic E-state index is 0.339. The topological polar surface area (TPSA) is 38.5 Å². The molecular weight excluding hydrogens is 260 g/mol. The first-order chi connectivity index (χ1) is 10.3. The monoisotopic (exact) mass is 298 g/mol. The Kier molecular flexibility index (Phi) is 11.2. The molecule has 3 nitrogen and oxygen atoms in total. The van der Waals surface area contributed by atoms with E-state index in [9.17, 15) is 0 Å². The molecule has 21 heavy (non-hydrogen) atoms. The first kappa shape index (κ1) is 18.9. The van der Waals surface area contributed by atoms with Gasteiger partial charge in [-0.15, -0.1) is 0 Å². The van der Waals surface area contributed by atoms with E-state index < -0.39 is 0 Å². The first-order valence-corrected chi connectivity index (χ1v) is 9.37. The predicted molar refractivity (Wildman–Crippen MR) is 91.7 cm³/mol. The van der Waals surface area contributed by atoms with Crippen LogP contribution in [0.2, 0.25) is 0 Å². The third-order valence-corrected chi connectivity index (χ3v) is 4.88. The van der Waals surface area contributed by atoms with Crippen LogP contribution in [-0.4, -0.2) is 43.3 Å². The molecule has 0 aliphatic heterocycles. The lowest BCUT2D eigenvalue weighted by Gasteiger charge is -2.35. The molecule has 0 aromatic carbocycles. The maximum Gasteiger partial charge on any atom is 0.0593 e. The van der Waals surface area contributed by atoms with Crippen LogP contribution in [0.25, 0.3) is 0 Å². The molecule has 126 valence electrons. The summed E-state index contributed by atoms with van der Waals surface area (Å²) in [7, 11) is 0. The number of hydrogen-bond acceptors (Lipinski definition) is 3. The van der Waals surface area contributed by atoms with Crippen LogP contribution >= 0.6 is 0 Å². The fourth-order valence-electron chi connectivity index (χ4n) is 3.54. The van der Waals surface area contributed by atoms with E-state index in [1.807, 2.05) is 0 Å². The lowest BCUT2D eigenvalue weighted by atomic mass is 9.93. The van der Waals surface area contributed by atoms with E-state index in [1.54, 1.807) is 0 Å². The van der Waals surface area contributed by atoms with Gasteiger partial charge in [0.25, 0.3) is 0 Å². The highest BCUT2D eigenvalue weighted by Crippen LogP contribution is 2.20. The fraction of sp³-hybridized carbons (Fsp3) is 1.00. The summed E-state index contributed by atoms with van der Waals surface area (Å²) in [6.45, 7) is 8.10. The highest BCUT2D eigenvalue weighted by atomic mass is 16.5. The minimum Gasteiger partial charge on any atom is -0.380 e. The van der Waals surface area contributed by atoms with Gasteiger partial charge in [-0.1, -0.05) is 58.3 Å². The van der Waals surface area contributed by atoms with Gasteiger partial charge in [-0.25, -0.2) is 0 Å². The molecule has 1 fully saturated rings. The second kappa shape index (κ2) is 12.4. The molecule has 2 unspecified atom stereocenters. The average molecular weight is 299 g/mol. The van der Waals surface area contributed by atoms with Crippen LogP contribution < -0.4 is 5.73 Å². The average Bonchev–Trinajstić information content (AvgIpc) is 2.48. The Morgan fingerprint density at radius 1 is 0.905 bits per heavy atom. The van der Waals surface area contributed by atoms with Gasteiger partial charge >= 0.3 is 0 Å². The van der Waals surface area contributed by atoms with Crippen LogP contribution in [0.1, 0.15) is 78.1 Å². The number of ether oxygens (including phenoxy) is 1.